The first-order chi connectivity index (χ1) is 8.18. The zero-order valence-electron chi connectivity index (χ0n) is 9.17. The van der Waals surface area contributed by atoms with Crippen molar-refractivity contribution < 1.29 is 4.79 Å². The Labute approximate surface area is 107 Å². The van der Waals surface area contributed by atoms with Crippen LogP contribution in [-0.4, -0.2) is 22.9 Å². The van der Waals surface area contributed by atoms with Crippen molar-refractivity contribution in [2.24, 2.45) is 0 Å². The molecule has 17 heavy (non-hydrogen) atoms. The molecule has 2 aromatic rings. The van der Waals surface area contributed by atoms with E-state index < -0.39 is 0 Å². The van der Waals surface area contributed by atoms with Gasteiger partial charge >= 0.3 is 0 Å². The zero-order chi connectivity index (χ0) is 12.3. The van der Waals surface area contributed by atoms with Crippen LogP contribution < -0.4 is 4.90 Å². The highest BCUT2D eigenvalue weighted by Crippen LogP contribution is 2.17. The summed E-state index contributed by atoms with van der Waals surface area (Å²) in [6.45, 7) is 0. The van der Waals surface area contributed by atoms with Crippen LogP contribution in [0.3, 0.4) is 0 Å². The molecule has 0 aromatic carbocycles. The average Bonchev–Trinajstić information content (AvgIpc) is 2.38. The molecule has 1 amide bonds. The van der Waals surface area contributed by atoms with Crippen molar-refractivity contribution in [3.05, 3.63) is 52.9 Å². The summed E-state index contributed by atoms with van der Waals surface area (Å²) in [5, 5.41) is 0. The molecule has 0 spiro atoms. The number of carbonyl (C=O) groups excluding carboxylic acids is 1. The Morgan fingerprint density at radius 2 is 2.06 bits per heavy atom. The van der Waals surface area contributed by atoms with Crippen LogP contribution in [-0.2, 0) is 0 Å². The highest BCUT2D eigenvalue weighted by Gasteiger charge is 2.15. The number of halogens is 1. The summed E-state index contributed by atoms with van der Waals surface area (Å²) < 4.78 is 0.878. The average molecular weight is 292 g/mol. The summed E-state index contributed by atoms with van der Waals surface area (Å²) in [4.78, 5) is 21.7. The summed E-state index contributed by atoms with van der Waals surface area (Å²) in [5.41, 5.74) is 0.400. The van der Waals surface area contributed by atoms with Gasteiger partial charge in [0.05, 0.1) is 0 Å². The first-order valence-corrected chi connectivity index (χ1v) is 5.78. The van der Waals surface area contributed by atoms with Gasteiger partial charge < -0.3 is 0 Å². The number of anilines is 1. The van der Waals surface area contributed by atoms with E-state index in [9.17, 15) is 4.79 Å². The minimum atomic E-state index is -0.184. The highest BCUT2D eigenvalue weighted by atomic mass is 79.9. The van der Waals surface area contributed by atoms with Crippen LogP contribution in [0.25, 0.3) is 0 Å². The molecular weight excluding hydrogens is 282 g/mol. The van der Waals surface area contributed by atoms with Crippen molar-refractivity contribution in [2.45, 2.75) is 0 Å². The number of aromatic nitrogens is 2. The Morgan fingerprint density at radius 1 is 1.24 bits per heavy atom. The molecule has 0 fully saturated rings. The normalized spacial score (nSPS) is 10.0. The molecule has 0 saturated heterocycles. The van der Waals surface area contributed by atoms with Crippen molar-refractivity contribution in [3.8, 4) is 0 Å². The minimum absolute atomic E-state index is 0.184. The standard InChI is InChI=1S/C12H10BrN3O/c1-16(11-8-9(13)5-7-15-11)12(17)10-4-2-3-6-14-10/h2-8H,1H3. The van der Waals surface area contributed by atoms with Crippen LogP contribution >= 0.6 is 15.9 Å². The first kappa shape index (κ1) is 11.7. The van der Waals surface area contributed by atoms with Gasteiger partial charge in [-0.1, -0.05) is 22.0 Å². The maximum atomic E-state index is 12.1. The number of hydrogen-bond donors (Lipinski definition) is 0. The van der Waals surface area contributed by atoms with Crippen LogP contribution in [0.1, 0.15) is 10.5 Å². The van der Waals surface area contributed by atoms with E-state index in [1.807, 2.05) is 6.07 Å². The maximum Gasteiger partial charge on any atom is 0.277 e. The van der Waals surface area contributed by atoms with E-state index in [-0.39, 0.29) is 5.91 Å². The fourth-order valence-electron chi connectivity index (χ4n) is 1.34. The SMILES string of the molecule is CN(C(=O)c1ccccn1)c1cc(Br)ccn1. The summed E-state index contributed by atoms with van der Waals surface area (Å²) >= 11 is 3.34. The van der Waals surface area contributed by atoms with Gasteiger partial charge in [0, 0.05) is 23.9 Å². The lowest BCUT2D eigenvalue weighted by molar-refractivity contribution is 0.0987. The predicted octanol–water partition coefficient (Wildman–Crippen LogP) is 2.52. The van der Waals surface area contributed by atoms with Gasteiger partial charge in [-0.15, -0.1) is 0 Å². The Bertz CT molecular complexity index is 530. The lowest BCUT2D eigenvalue weighted by Crippen LogP contribution is -2.27. The quantitative estimate of drug-likeness (QED) is 0.854. The van der Waals surface area contributed by atoms with E-state index in [0.717, 1.165) is 4.47 Å². The van der Waals surface area contributed by atoms with Crippen LogP contribution in [0.4, 0.5) is 5.82 Å². The van der Waals surface area contributed by atoms with Crippen molar-refractivity contribution in [2.75, 3.05) is 11.9 Å². The second kappa shape index (κ2) is 5.05. The summed E-state index contributed by atoms with van der Waals surface area (Å²) in [6, 6.07) is 8.82. The van der Waals surface area contributed by atoms with Gasteiger partial charge in [-0.05, 0) is 24.3 Å². The first-order valence-electron chi connectivity index (χ1n) is 4.99. The number of pyridine rings is 2. The van der Waals surface area contributed by atoms with E-state index in [1.54, 1.807) is 43.7 Å². The highest BCUT2D eigenvalue weighted by molar-refractivity contribution is 9.10. The smallest absolute Gasteiger partial charge is 0.277 e. The molecule has 0 unspecified atom stereocenters. The largest absolute Gasteiger partial charge is 0.294 e. The molecule has 4 nitrogen and oxygen atoms in total. The predicted molar refractivity (Wildman–Crippen MR) is 68.9 cm³/mol. The van der Waals surface area contributed by atoms with Crippen LogP contribution in [0.5, 0.6) is 0 Å². The summed E-state index contributed by atoms with van der Waals surface area (Å²) in [6.07, 6.45) is 3.23. The van der Waals surface area contributed by atoms with Gasteiger partial charge in [-0.2, -0.15) is 0 Å². The Hall–Kier alpha value is -1.75. The van der Waals surface area contributed by atoms with Crippen molar-refractivity contribution >= 4 is 27.7 Å². The molecule has 0 atom stereocenters. The Morgan fingerprint density at radius 3 is 2.71 bits per heavy atom. The van der Waals surface area contributed by atoms with Crippen molar-refractivity contribution in [3.63, 3.8) is 0 Å². The molecule has 0 aliphatic heterocycles. The number of carbonyl (C=O) groups is 1. The third-order valence-corrected chi connectivity index (χ3v) is 2.73. The van der Waals surface area contributed by atoms with Gasteiger partial charge in [-0.25, -0.2) is 4.98 Å². The molecule has 0 bridgehead atoms. The number of nitrogens with zero attached hydrogens (tertiary/aromatic N) is 3. The third kappa shape index (κ3) is 2.68. The fraction of sp³-hybridized carbons (Fsp3) is 0.0833. The van der Waals surface area contributed by atoms with Gasteiger partial charge in [0.1, 0.15) is 11.5 Å². The number of amides is 1. The van der Waals surface area contributed by atoms with Crippen molar-refractivity contribution in [1.82, 2.24) is 9.97 Å². The topological polar surface area (TPSA) is 46.1 Å². The lowest BCUT2D eigenvalue weighted by Gasteiger charge is -2.15. The Balaban J connectivity index is 2.27. The monoisotopic (exact) mass is 291 g/mol. The Kier molecular flexibility index (Phi) is 3.49. The number of hydrogen-bond acceptors (Lipinski definition) is 3. The fourth-order valence-corrected chi connectivity index (χ4v) is 1.67. The van der Waals surface area contributed by atoms with Gasteiger partial charge in [0.25, 0.3) is 5.91 Å². The second-order valence-electron chi connectivity index (χ2n) is 3.41. The molecule has 0 aliphatic rings. The minimum Gasteiger partial charge on any atom is -0.294 e. The number of rotatable bonds is 2. The van der Waals surface area contributed by atoms with E-state index in [2.05, 4.69) is 25.9 Å². The lowest BCUT2D eigenvalue weighted by atomic mass is 10.3. The van der Waals surface area contributed by atoms with Gasteiger partial charge in [0.2, 0.25) is 0 Å². The molecule has 2 aromatic heterocycles. The molecule has 86 valence electrons. The second-order valence-corrected chi connectivity index (χ2v) is 4.33. The maximum absolute atomic E-state index is 12.1. The van der Waals surface area contributed by atoms with Crippen LogP contribution in [0.2, 0.25) is 0 Å². The molecular formula is C12H10BrN3O. The van der Waals surface area contributed by atoms with Gasteiger partial charge in [0.15, 0.2) is 0 Å². The van der Waals surface area contributed by atoms with E-state index >= 15 is 0 Å². The van der Waals surface area contributed by atoms with E-state index in [0.29, 0.717) is 11.5 Å². The molecule has 0 N–H and O–H groups in total. The van der Waals surface area contributed by atoms with E-state index in [4.69, 9.17) is 0 Å². The molecule has 0 aliphatic carbocycles. The molecule has 2 rings (SSSR count). The zero-order valence-corrected chi connectivity index (χ0v) is 10.8. The van der Waals surface area contributed by atoms with Gasteiger partial charge in [-0.3, -0.25) is 14.7 Å². The van der Waals surface area contributed by atoms with Crippen LogP contribution in [0, 0.1) is 0 Å². The molecule has 5 heteroatoms. The van der Waals surface area contributed by atoms with Crippen molar-refractivity contribution in [1.29, 1.82) is 0 Å². The third-order valence-electron chi connectivity index (χ3n) is 2.24. The molecule has 0 radical (unpaired) electrons. The van der Waals surface area contributed by atoms with E-state index in [1.165, 1.54) is 4.90 Å². The molecule has 2 heterocycles. The van der Waals surface area contributed by atoms with Crippen LogP contribution in [0.15, 0.2) is 47.2 Å². The summed E-state index contributed by atoms with van der Waals surface area (Å²) in [7, 11) is 1.67. The summed E-state index contributed by atoms with van der Waals surface area (Å²) in [5.74, 6) is 0.395. The molecule has 0 saturated carbocycles.